The average Bonchev–Trinajstić information content (AvgIpc) is 4.39. The maximum absolute atomic E-state index is 11.4. The first-order valence-corrected chi connectivity index (χ1v) is 26.7. The molecule has 7 unspecified atom stereocenters. The van der Waals surface area contributed by atoms with Crippen LogP contribution < -0.4 is 9.47 Å². The summed E-state index contributed by atoms with van der Waals surface area (Å²) in [6.07, 6.45) is 1.46. The monoisotopic (exact) mass is 984 g/mol. The van der Waals surface area contributed by atoms with Crippen molar-refractivity contribution in [1.29, 1.82) is 0 Å². The lowest BCUT2D eigenvalue weighted by atomic mass is 9.68. The van der Waals surface area contributed by atoms with Crippen molar-refractivity contribution in [3.63, 3.8) is 0 Å². The Morgan fingerprint density at radius 3 is 1.35 bits per heavy atom. The third kappa shape index (κ3) is 8.90. The van der Waals surface area contributed by atoms with E-state index in [1.165, 1.54) is 66.1 Å². The van der Waals surface area contributed by atoms with Crippen molar-refractivity contribution < 1.29 is 33.5 Å². The van der Waals surface area contributed by atoms with E-state index in [1.807, 2.05) is 0 Å². The first kappa shape index (κ1) is 48.6. The molecule has 2 heterocycles. The second kappa shape index (κ2) is 19.1. The molecule has 0 saturated carbocycles. The fourth-order valence-electron chi connectivity index (χ4n) is 12.6. The van der Waals surface area contributed by atoms with E-state index in [1.54, 1.807) is 0 Å². The van der Waals surface area contributed by atoms with E-state index in [4.69, 9.17) is 28.4 Å². The van der Waals surface area contributed by atoms with Crippen LogP contribution in [0.3, 0.4) is 0 Å². The number of hydrogen-bond donors (Lipinski definition) is 1. The van der Waals surface area contributed by atoms with Gasteiger partial charge in [0.15, 0.2) is 0 Å². The van der Waals surface area contributed by atoms with E-state index >= 15 is 0 Å². The van der Waals surface area contributed by atoms with Crippen LogP contribution in [0.4, 0.5) is 0 Å². The number of epoxide rings is 2. The quantitative estimate of drug-likeness (QED) is 0.0858. The standard InChI is InChI=1S/C67H68O7/c1-43-35-66(62-58(43)33-15-45-11-7-9-13-60(45)62,50-23-19-48(20-24-50)65(5,6)74-42-57-41-72-57)51-25-29-54(30-26-51)69-37-53(68)38-73-64(3,4)47-17-21-49(22-18-47)67(52-27-31-55(32-28-52)70-39-56-40-71-56)36-44(2)59-34-16-46-12-8-10-14-61(46)63(59)67/h7-34,43-44,53,56-57,68H,35-42H2,1-6H3. The largest absolute Gasteiger partial charge is 0.491 e. The molecule has 74 heavy (non-hydrogen) atoms. The molecule has 0 bridgehead atoms. The van der Waals surface area contributed by atoms with E-state index in [0.717, 1.165) is 42.9 Å². The van der Waals surface area contributed by atoms with Crippen molar-refractivity contribution in [1.82, 2.24) is 0 Å². The number of benzene rings is 8. The smallest absolute Gasteiger partial charge is 0.119 e. The summed E-state index contributed by atoms with van der Waals surface area (Å²) in [4.78, 5) is 0. The molecule has 0 spiro atoms. The SMILES string of the molecule is CC1CC(c2ccc(OCC3CO3)cc2)(c2ccc(C(C)(C)OCC(O)COc3ccc(C4(c5ccc(C(C)(C)OCC6CO6)cc5)CC(C)c5ccc6ccccc6c54)cc3)cc2)c2c1ccc1ccccc21. The Morgan fingerprint density at radius 2 is 0.892 bits per heavy atom. The zero-order valence-electron chi connectivity index (χ0n) is 43.6. The Labute approximate surface area is 436 Å². The summed E-state index contributed by atoms with van der Waals surface area (Å²) in [5.74, 6) is 2.27. The summed E-state index contributed by atoms with van der Waals surface area (Å²) in [6.45, 7) is 16.1. The van der Waals surface area contributed by atoms with Gasteiger partial charge >= 0.3 is 0 Å². The number of rotatable bonds is 18. The van der Waals surface area contributed by atoms with Crippen molar-refractivity contribution in [2.45, 2.75) is 107 Å². The number of fused-ring (bicyclic) bond motifs is 6. The molecular weight excluding hydrogens is 917 g/mol. The minimum atomic E-state index is -0.839. The van der Waals surface area contributed by atoms with Gasteiger partial charge in [0.2, 0.25) is 0 Å². The van der Waals surface area contributed by atoms with Gasteiger partial charge < -0.3 is 33.5 Å². The van der Waals surface area contributed by atoms with Crippen molar-refractivity contribution in [2.75, 3.05) is 39.6 Å². The van der Waals surface area contributed by atoms with Crippen LogP contribution in [-0.2, 0) is 41.0 Å². The molecule has 2 fully saturated rings. The van der Waals surface area contributed by atoms with Gasteiger partial charge in [0.25, 0.3) is 0 Å². The number of aliphatic hydroxyl groups excluding tert-OH is 1. The van der Waals surface area contributed by atoms with Crippen LogP contribution >= 0.6 is 0 Å². The van der Waals surface area contributed by atoms with Crippen molar-refractivity contribution in [3.8, 4) is 11.5 Å². The first-order chi connectivity index (χ1) is 35.8. The molecule has 8 aromatic carbocycles. The fraction of sp³-hybridized carbons (Fsp3) is 0.343. The Balaban J connectivity index is 0.761. The number of aliphatic hydroxyl groups is 1. The van der Waals surface area contributed by atoms with Crippen LogP contribution in [0, 0.1) is 0 Å². The van der Waals surface area contributed by atoms with Crippen LogP contribution in [-0.4, -0.2) is 63.1 Å². The Bertz CT molecular complexity index is 3300. The van der Waals surface area contributed by atoms with Gasteiger partial charge in [0.05, 0.1) is 37.6 Å². The lowest BCUT2D eigenvalue weighted by molar-refractivity contribution is -0.0717. The summed E-state index contributed by atoms with van der Waals surface area (Å²) in [5.41, 5.74) is 10.8. The Kier molecular flexibility index (Phi) is 12.6. The summed E-state index contributed by atoms with van der Waals surface area (Å²) < 4.78 is 36.1. The second-order valence-corrected chi connectivity index (χ2v) is 22.6. The minimum Gasteiger partial charge on any atom is -0.491 e. The van der Waals surface area contributed by atoms with Crippen LogP contribution in [0.5, 0.6) is 11.5 Å². The molecule has 378 valence electrons. The summed E-state index contributed by atoms with van der Waals surface area (Å²) >= 11 is 0. The lowest BCUT2D eigenvalue weighted by Crippen LogP contribution is -2.31. The first-order valence-electron chi connectivity index (χ1n) is 26.7. The second-order valence-electron chi connectivity index (χ2n) is 22.6. The molecule has 4 aliphatic rings. The highest BCUT2D eigenvalue weighted by Gasteiger charge is 2.48. The van der Waals surface area contributed by atoms with Crippen molar-refractivity contribution >= 4 is 21.5 Å². The molecule has 0 aromatic heterocycles. The molecule has 2 aliphatic heterocycles. The van der Waals surface area contributed by atoms with Crippen LogP contribution in [0.2, 0.25) is 0 Å². The molecule has 7 atom stereocenters. The van der Waals surface area contributed by atoms with Gasteiger partial charge in [-0.15, -0.1) is 0 Å². The van der Waals surface area contributed by atoms with E-state index in [9.17, 15) is 5.11 Å². The normalized spacial score (nSPS) is 23.4. The van der Waals surface area contributed by atoms with Crippen molar-refractivity contribution in [2.24, 2.45) is 0 Å². The predicted octanol–water partition coefficient (Wildman–Crippen LogP) is 13.8. The number of hydrogen-bond acceptors (Lipinski definition) is 7. The van der Waals surface area contributed by atoms with Crippen molar-refractivity contribution in [3.05, 3.63) is 225 Å². The lowest BCUT2D eigenvalue weighted by Gasteiger charge is -2.35. The molecule has 8 aromatic rings. The molecule has 2 saturated heterocycles. The van der Waals surface area contributed by atoms with Crippen LogP contribution in [0.25, 0.3) is 21.5 Å². The van der Waals surface area contributed by atoms with Gasteiger partial charge in [-0.25, -0.2) is 0 Å². The van der Waals surface area contributed by atoms with E-state index in [2.05, 4.69) is 211 Å². The van der Waals surface area contributed by atoms with E-state index < -0.39 is 22.7 Å². The van der Waals surface area contributed by atoms with Gasteiger partial charge in [0.1, 0.15) is 43.0 Å². The average molecular weight is 985 g/mol. The highest BCUT2D eigenvalue weighted by molar-refractivity contribution is 5.91. The summed E-state index contributed by atoms with van der Waals surface area (Å²) in [7, 11) is 0. The summed E-state index contributed by atoms with van der Waals surface area (Å²) in [6, 6.07) is 62.2. The van der Waals surface area contributed by atoms with Crippen LogP contribution in [0.1, 0.15) is 122 Å². The predicted molar refractivity (Wildman–Crippen MR) is 294 cm³/mol. The van der Waals surface area contributed by atoms with Gasteiger partial charge in [0, 0.05) is 10.8 Å². The highest BCUT2D eigenvalue weighted by atomic mass is 16.6. The summed E-state index contributed by atoms with van der Waals surface area (Å²) in [5, 5.41) is 16.4. The maximum Gasteiger partial charge on any atom is 0.119 e. The Hall–Kier alpha value is -6.32. The number of ether oxygens (including phenoxy) is 6. The Morgan fingerprint density at radius 1 is 0.486 bits per heavy atom. The van der Waals surface area contributed by atoms with Gasteiger partial charge in [-0.2, -0.15) is 0 Å². The minimum absolute atomic E-state index is 0.0997. The molecule has 2 aliphatic carbocycles. The third-order valence-corrected chi connectivity index (χ3v) is 16.9. The molecule has 7 nitrogen and oxygen atoms in total. The molecule has 0 amide bonds. The maximum atomic E-state index is 11.4. The van der Waals surface area contributed by atoms with Gasteiger partial charge in [-0.05, 0) is 154 Å². The van der Waals surface area contributed by atoms with E-state index in [0.29, 0.717) is 30.8 Å². The zero-order chi connectivity index (χ0) is 50.8. The van der Waals surface area contributed by atoms with Gasteiger partial charge in [-0.1, -0.05) is 159 Å². The molecule has 0 radical (unpaired) electrons. The molecular formula is C67H68O7. The molecule has 12 rings (SSSR count). The van der Waals surface area contributed by atoms with Gasteiger partial charge in [-0.3, -0.25) is 0 Å². The zero-order valence-corrected chi connectivity index (χ0v) is 43.6. The van der Waals surface area contributed by atoms with Crippen LogP contribution in [0.15, 0.2) is 170 Å². The fourth-order valence-corrected chi connectivity index (χ4v) is 12.6. The van der Waals surface area contributed by atoms with E-state index in [-0.39, 0.29) is 30.8 Å². The third-order valence-electron chi connectivity index (χ3n) is 16.9. The topological polar surface area (TPSA) is 82.2 Å². The molecule has 1 N–H and O–H groups in total. The molecule has 7 heteroatoms. The highest BCUT2D eigenvalue weighted by Crippen LogP contribution is 2.58.